The molecule has 0 radical (unpaired) electrons. The normalized spacial score (nSPS) is 28.3. The maximum atomic E-state index is 12.1. The molecule has 21 heavy (non-hydrogen) atoms. The van der Waals surface area contributed by atoms with Crippen molar-refractivity contribution >= 4 is 18.3 Å². The van der Waals surface area contributed by atoms with E-state index in [1.165, 1.54) is 25.7 Å². The van der Waals surface area contributed by atoms with E-state index in [2.05, 4.69) is 38.3 Å². The van der Waals surface area contributed by atoms with Crippen molar-refractivity contribution in [2.45, 2.75) is 78.3 Å². The van der Waals surface area contributed by atoms with E-state index in [-0.39, 0.29) is 23.7 Å². The van der Waals surface area contributed by atoms with Crippen LogP contribution in [0, 0.1) is 17.3 Å². The summed E-state index contributed by atoms with van der Waals surface area (Å²) in [5.74, 6) is 1.54. The topological polar surface area (TPSA) is 41.1 Å². The Hall–Kier alpha value is -0.280. The Labute approximate surface area is 136 Å². The highest BCUT2D eigenvalue weighted by Gasteiger charge is 2.34. The molecule has 0 aromatic carbocycles. The monoisotopic (exact) mass is 316 g/mol. The number of halogens is 1. The standard InChI is InChI=1S/C17H32N2O.ClH/c1-12(2)10-17(3,4)11-18-16(20)9-13-7-14-5-6-15(8-13)19-14;/h12-15,19H,5-11H2,1-4H3,(H,18,20);1H. The second-order valence-corrected chi connectivity index (χ2v) is 8.22. The van der Waals surface area contributed by atoms with Crippen LogP contribution in [0.4, 0.5) is 0 Å². The van der Waals surface area contributed by atoms with E-state index in [0.29, 0.717) is 23.9 Å². The van der Waals surface area contributed by atoms with Crippen LogP contribution in [-0.4, -0.2) is 24.5 Å². The van der Waals surface area contributed by atoms with E-state index in [0.717, 1.165) is 19.4 Å². The third kappa shape index (κ3) is 6.15. The quantitative estimate of drug-likeness (QED) is 0.787. The predicted octanol–water partition coefficient (Wildman–Crippen LogP) is 3.52. The van der Waals surface area contributed by atoms with Crippen LogP contribution in [0.1, 0.15) is 66.2 Å². The van der Waals surface area contributed by atoms with E-state index >= 15 is 0 Å². The first-order valence-corrected chi connectivity index (χ1v) is 8.37. The molecule has 0 aromatic heterocycles. The third-order valence-corrected chi connectivity index (χ3v) is 4.77. The highest BCUT2D eigenvalue weighted by Crippen LogP contribution is 2.32. The van der Waals surface area contributed by atoms with Gasteiger partial charge in [-0.1, -0.05) is 27.7 Å². The van der Waals surface area contributed by atoms with Crippen molar-refractivity contribution in [3.63, 3.8) is 0 Å². The number of carbonyl (C=O) groups excluding carboxylic acids is 1. The predicted molar refractivity (Wildman–Crippen MR) is 90.8 cm³/mol. The molecule has 2 aliphatic rings. The van der Waals surface area contributed by atoms with Crippen LogP contribution in [-0.2, 0) is 4.79 Å². The number of fused-ring (bicyclic) bond motifs is 2. The summed E-state index contributed by atoms with van der Waals surface area (Å²) in [7, 11) is 0. The Morgan fingerprint density at radius 1 is 1.24 bits per heavy atom. The number of rotatable bonds is 6. The van der Waals surface area contributed by atoms with Gasteiger partial charge in [-0.25, -0.2) is 0 Å². The molecular formula is C17H33ClN2O. The lowest BCUT2D eigenvalue weighted by Crippen LogP contribution is -2.41. The first-order valence-electron chi connectivity index (χ1n) is 8.37. The number of amides is 1. The van der Waals surface area contributed by atoms with Crippen LogP contribution in [0.25, 0.3) is 0 Å². The molecule has 2 saturated heterocycles. The van der Waals surface area contributed by atoms with Gasteiger partial charge < -0.3 is 10.6 Å². The van der Waals surface area contributed by atoms with Gasteiger partial charge in [-0.05, 0) is 49.4 Å². The molecule has 2 rings (SSSR count). The molecule has 1 amide bonds. The van der Waals surface area contributed by atoms with Crippen molar-refractivity contribution in [1.29, 1.82) is 0 Å². The summed E-state index contributed by atoms with van der Waals surface area (Å²) in [4.78, 5) is 12.1. The zero-order valence-electron chi connectivity index (χ0n) is 14.1. The molecule has 2 unspecified atom stereocenters. The highest BCUT2D eigenvalue weighted by molar-refractivity contribution is 5.85. The summed E-state index contributed by atoms with van der Waals surface area (Å²) >= 11 is 0. The minimum absolute atomic E-state index is 0. The number of nitrogens with one attached hydrogen (secondary N) is 2. The van der Waals surface area contributed by atoms with Crippen molar-refractivity contribution in [2.75, 3.05) is 6.54 Å². The molecule has 2 aliphatic heterocycles. The van der Waals surface area contributed by atoms with Crippen molar-refractivity contribution in [1.82, 2.24) is 10.6 Å². The van der Waals surface area contributed by atoms with Gasteiger partial charge in [-0.2, -0.15) is 0 Å². The smallest absolute Gasteiger partial charge is 0.220 e. The molecule has 2 fully saturated rings. The molecule has 124 valence electrons. The molecule has 2 heterocycles. The Morgan fingerprint density at radius 3 is 2.33 bits per heavy atom. The summed E-state index contributed by atoms with van der Waals surface area (Å²) in [5.41, 5.74) is 0.205. The zero-order chi connectivity index (χ0) is 14.8. The summed E-state index contributed by atoms with van der Waals surface area (Å²) in [6.45, 7) is 9.79. The molecule has 0 saturated carbocycles. The number of piperidine rings is 1. The summed E-state index contributed by atoms with van der Waals surface area (Å²) in [5, 5.41) is 6.81. The fourth-order valence-corrected chi connectivity index (χ4v) is 4.19. The van der Waals surface area contributed by atoms with Gasteiger partial charge in [-0.3, -0.25) is 4.79 Å². The highest BCUT2D eigenvalue weighted by atomic mass is 35.5. The van der Waals surface area contributed by atoms with Crippen molar-refractivity contribution < 1.29 is 4.79 Å². The maximum Gasteiger partial charge on any atom is 0.220 e. The fourth-order valence-electron chi connectivity index (χ4n) is 4.19. The van der Waals surface area contributed by atoms with Gasteiger partial charge in [0, 0.05) is 25.0 Å². The minimum Gasteiger partial charge on any atom is -0.356 e. The van der Waals surface area contributed by atoms with E-state index in [9.17, 15) is 4.79 Å². The molecular weight excluding hydrogens is 284 g/mol. The van der Waals surface area contributed by atoms with Crippen molar-refractivity contribution in [3.05, 3.63) is 0 Å². The Bertz CT molecular complexity index is 332. The Morgan fingerprint density at radius 2 is 1.81 bits per heavy atom. The summed E-state index contributed by atoms with van der Waals surface area (Å²) in [6, 6.07) is 1.37. The van der Waals surface area contributed by atoms with Crippen LogP contribution in [0.2, 0.25) is 0 Å². The largest absolute Gasteiger partial charge is 0.356 e. The van der Waals surface area contributed by atoms with E-state index in [1.807, 2.05) is 0 Å². The molecule has 2 atom stereocenters. The average Bonchev–Trinajstić information content (AvgIpc) is 2.65. The number of hydrogen-bond acceptors (Lipinski definition) is 2. The van der Waals surface area contributed by atoms with E-state index < -0.39 is 0 Å². The number of carbonyl (C=O) groups is 1. The van der Waals surface area contributed by atoms with E-state index in [4.69, 9.17) is 0 Å². The summed E-state index contributed by atoms with van der Waals surface area (Å²) in [6.07, 6.45) is 6.89. The van der Waals surface area contributed by atoms with Gasteiger partial charge in [0.2, 0.25) is 5.91 Å². The van der Waals surface area contributed by atoms with Crippen LogP contribution in [0.5, 0.6) is 0 Å². The second-order valence-electron chi connectivity index (χ2n) is 8.22. The van der Waals surface area contributed by atoms with Gasteiger partial charge in [0.25, 0.3) is 0 Å². The van der Waals surface area contributed by atoms with Crippen LogP contribution >= 0.6 is 12.4 Å². The molecule has 3 nitrogen and oxygen atoms in total. The third-order valence-electron chi connectivity index (χ3n) is 4.77. The van der Waals surface area contributed by atoms with Crippen LogP contribution < -0.4 is 10.6 Å². The number of hydrogen-bond donors (Lipinski definition) is 2. The van der Waals surface area contributed by atoms with Crippen molar-refractivity contribution in [2.24, 2.45) is 17.3 Å². The van der Waals surface area contributed by atoms with Crippen molar-refractivity contribution in [3.8, 4) is 0 Å². The average molecular weight is 317 g/mol. The molecule has 4 heteroatoms. The van der Waals surface area contributed by atoms with E-state index in [1.54, 1.807) is 0 Å². The lowest BCUT2D eigenvalue weighted by Gasteiger charge is -2.30. The van der Waals surface area contributed by atoms with Gasteiger partial charge in [0.1, 0.15) is 0 Å². The molecule has 0 aromatic rings. The summed E-state index contributed by atoms with van der Waals surface area (Å²) < 4.78 is 0. The lowest BCUT2D eigenvalue weighted by molar-refractivity contribution is -0.122. The molecule has 0 spiro atoms. The molecule has 0 aliphatic carbocycles. The zero-order valence-corrected chi connectivity index (χ0v) is 14.9. The molecule has 2 bridgehead atoms. The second kappa shape index (κ2) is 7.82. The van der Waals surface area contributed by atoms with Crippen LogP contribution in [0.3, 0.4) is 0 Å². The van der Waals surface area contributed by atoms with Gasteiger partial charge >= 0.3 is 0 Å². The first kappa shape index (κ1) is 18.8. The SMILES string of the molecule is CC(C)CC(C)(C)CNC(=O)CC1CC2CCC(C1)N2.Cl. The molecule has 2 N–H and O–H groups in total. The lowest BCUT2D eigenvalue weighted by atomic mass is 9.83. The van der Waals surface area contributed by atoms with Crippen LogP contribution in [0.15, 0.2) is 0 Å². The van der Waals surface area contributed by atoms with Gasteiger partial charge in [0.15, 0.2) is 0 Å². The fraction of sp³-hybridized carbons (Fsp3) is 0.941. The first-order chi connectivity index (χ1) is 9.34. The Kier molecular flexibility index (Phi) is 6.99. The Balaban J connectivity index is 0.00000220. The minimum atomic E-state index is 0. The van der Waals surface area contributed by atoms with Gasteiger partial charge in [0.05, 0.1) is 0 Å². The van der Waals surface area contributed by atoms with Gasteiger partial charge in [-0.15, -0.1) is 12.4 Å². The maximum absolute atomic E-state index is 12.1.